The van der Waals surface area contributed by atoms with Crippen molar-refractivity contribution < 1.29 is 14.4 Å². The zero-order valence-electron chi connectivity index (χ0n) is 15.5. The highest BCUT2D eigenvalue weighted by Gasteiger charge is 2.26. The zero-order chi connectivity index (χ0) is 19.2. The molecule has 142 valence electrons. The number of oxime groups is 1. The van der Waals surface area contributed by atoms with Crippen LogP contribution in [0, 0.1) is 0 Å². The maximum Gasteiger partial charge on any atom is 0.222 e. The highest BCUT2D eigenvalue weighted by Crippen LogP contribution is 2.21. The van der Waals surface area contributed by atoms with Crippen molar-refractivity contribution >= 4 is 23.2 Å². The molecule has 6 heteroatoms. The third kappa shape index (κ3) is 5.01. The Bertz CT molecular complexity index is 820. The fourth-order valence-electron chi connectivity index (χ4n) is 3.06. The minimum absolute atomic E-state index is 0.0801. The molecule has 0 aromatic heterocycles. The average Bonchev–Trinajstić information content (AvgIpc) is 3.15. The summed E-state index contributed by atoms with van der Waals surface area (Å²) in [6.07, 6.45) is 0.950. The van der Waals surface area contributed by atoms with Crippen LogP contribution in [-0.4, -0.2) is 36.3 Å². The van der Waals surface area contributed by atoms with E-state index in [4.69, 9.17) is 21.2 Å². The van der Waals surface area contributed by atoms with Gasteiger partial charge in [-0.2, -0.15) is 0 Å². The third-order valence-electron chi connectivity index (χ3n) is 4.50. The molecule has 2 aromatic carbocycles. The van der Waals surface area contributed by atoms with Gasteiger partial charge in [-0.25, -0.2) is 0 Å². The number of hydrogen-bond acceptors (Lipinski definition) is 4. The number of nitrogens with zero attached hydrogens (tertiary/aromatic N) is 2. The van der Waals surface area contributed by atoms with Gasteiger partial charge in [0.1, 0.15) is 5.75 Å². The van der Waals surface area contributed by atoms with Crippen LogP contribution in [0.3, 0.4) is 0 Å². The van der Waals surface area contributed by atoms with Crippen molar-refractivity contribution in [2.75, 3.05) is 13.7 Å². The van der Waals surface area contributed by atoms with E-state index in [-0.39, 0.29) is 12.0 Å². The maximum absolute atomic E-state index is 12.4. The Morgan fingerprint density at radius 3 is 2.74 bits per heavy atom. The monoisotopic (exact) mass is 386 g/mol. The largest absolute Gasteiger partial charge is 0.497 e. The maximum atomic E-state index is 12.4. The summed E-state index contributed by atoms with van der Waals surface area (Å²) < 4.78 is 5.18. The molecule has 0 aliphatic carbocycles. The van der Waals surface area contributed by atoms with Crippen molar-refractivity contribution in [3.63, 3.8) is 0 Å². The van der Waals surface area contributed by atoms with Gasteiger partial charge >= 0.3 is 0 Å². The average molecular weight is 387 g/mol. The lowest BCUT2D eigenvalue weighted by Gasteiger charge is -2.24. The first-order valence-electron chi connectivity index (χ1n) is 8.98. The number of carbonyl (C=O) groups is 1. The molecule has 0 saturated carbocycles. The van der Waals surface area contributed by atoms with Crippen LogP contribution in [0.2, 0.25) is 5.02 Å². The summed E-state index contributed by atoms with van der Waals surface area (Å²) in [4.78, 5) is 19.8. The summed E-state index contributed by atoms with van der Waals surface area (Å²) >= 11 is 6.07. The van der Waals surface area contributed by atoms with E-state index in [1.807, 2.05) is 60.4 Å². The van der Waals surface area contributed by atoms with E-state index in [0.717, 1.165) is 22.6 Å². The molecule has 1 aliphatic rings. The molecule has 0 saturated heterocycles. The molecule has 1 heterocycles. The minimum Gasteiger partial charge on any atom is -0.497 e. The number of carbonyl (C=O) groups excluding carboxylic acids is 1. The Morgan fingerprint density at radius 1 is 1.30 bits per heavy atom. The van der Waals surface area contributed by atoms with Crippen molar-refractivity contribution in [1.29, 1.82) is 0 Å². The number of ether oxygens (including phenoxy) is 1. The molecular formula is C21H23ClN2O3. The number of hydrogen-bond donors (Lipinski definition) is 0. The zero-order valence-corrected chi connectivity index (χ0v) is 16.3. The van der Waals surface area contributed by atoms with Crippen molar-refractivity contribution in [1.82, 2.24) is 4.90 Å². The van der Waals surface area contributed by atoms with Gasteiger partial charge in [-0.3, -0.25) is 4.79 Å². The predicted molar refractivity (Wildman–Crippen MR) is 106 cm³/mol. The first-order valence-corrected chi connectivity index (χ1v) is 9.36. The molecular weight excluding hydrogens is 364 g/mol. The van der Waals surface area contributed by atoms with Crippen LogP contribution in [0.5, 0.6) is 5.75 Å². The lowest BCUT2D eigenvalue weighted by molar-refractivity contribution is -0.133. The van der Waals surface area contributed by atoms with Crippen LogP contribution in [0.4, 0.5) is 0 Å². The summed E-state index contributed by atoms with van der Waals surface area (Å²) in [6.45, 7) is 2.86. The van der Waals surface area contributed by atoms with Crippen LogP contribution in [0.15, 0.2) is 53.7 Å². The molecule has 0 bridgehead atoms. The summed E-state index contributed by atoms with van der Waals surface area (Å²) in [5.41, 5.74) is 2.88. The number of benzene rings is 2. The van der Waals surface area contributed by atoms with E-state index in [9.17, 15) is 4.79 Å². The smallest absolute Gasteiger partial charge is 0.222 e. The van der Waals surface area contributed by atoms with Crippen LogP contribution < -0.4 is 4.74 Å². The number of halogens is 1. The molecule has 27 heavy (non-hydrogen) atoms. The lowest BCUT2D eigenvalue weighted by Crippen LogP contribution is -2.36. The van der Waals surface area contributed by atoms with E-state index in [2.05, 4.69) is 5.16 Å². The van der Waals surface area contributed by atoms with Gasteiger partial charge in [0.05, 0.1) is 19.4 Å². The Labute approximate surface area is 164 Å². The van der Waals surface area contributed by atoms with Gasteiger partial charge in [0.2, 0.25) is 5.91 Å². The predicted octanol–water partition coefficient (Wildman–Crippen LogP) is 4.28. The second-order valence-electron chi connectivity index (χ2n) is 6.46. The number of methoxy groups -OCH3 is 1. The summed E-state index contributed by atoms with van der Waals surface area (Å²) in [5.74, 6) is 0.882. The van der Waals surface area contributed by atoms with Crippen molar-refractivity contribution in [3.8, 4) is 5.75 Å². The molecule has 1 atom stereocenters. The molecule has 0 spiro atoms. The second kappa shape index (κ2) is 8.91. The fraction of sp³-hybridized carbons (Fsp3) is 0.333. The molecule has 1 amide bonds. The topological polar surface area (TPSA) is 51.1 Å². The summed E-state index contributed by atoms with van der Waals surface area (Å²) in [6, 6.07) is 15.3. The molecule has 1 aliphatic heterocycles. The van der Waals surface area contributed by atoms with Gasteiger partial charge in [0, 0.05) is 24.4 Å². The van der Waals surface area contributed by atoms with Crippen LogP contribution in [-0.2, 0) is 16.2 Å². The number of amides is 1. The first kappa shape index (κ1) is 19.2. The molecule has 5 nitrogen and oxygen atoms in total. The van der Waals surface area contributed by atoms with Crippen molar-refractivity contribution in [3.05, 3.63) is 64.7 Å². The summed E-state index contributed by atoms with van der Waals surface area (Å²) in [7, 11) is 1.64. The quantitative estimate of drug-likeness (QED) is 0.713. The third-order valence-corrected chi connectivity index (χ3v) is 4.73. The SMILES string of the molecule is CCC(=O)N(Cc1cccc(Cl)c1)C[C@@H]1CC(c2ccc(OC)cc2)=NO1. The van der Waals surface area contributed by atoms with Gasteiger partial charge in [-0.15, -0.1) is 0 Å². The van der Waals surface area contributed by atoms with E-state index >= 15 is 0 Å². The fourth-order valence-corrected chi connectivity index (χ4v) is 3.27. The van der Waals surface area contributed by atoms with Gasteiger partial charge < -0.3 is 14.5 Å². The van der Waals surface area contributed by atoms with Crippen LogP contribution >= 0.6 is 11.6 Å². The standard InChI is InChI=1S/C21H23ClN2O3/c1-3-21(25)24(13-15-5-4-6-17(22)11-15)14-19-12-20(23-27-19)16-7-9-18(26-2)10-8-16/h4-11,19H,3,12-14H2,1-2H3/t19-/m0/s1. The molecule has 2 aromatic rings. The van der Waals surface area contributed by atoms with E-state index in [1.165, 1.54) is 0 Å². The summed E-state index contributed by atoms with van der Waals surface area (Å²) in [5, 5.41) is 4.88. The van der Waals surface area contributed by atoms with Gasteiger partial charge in [0.15, 0.2) is 6.10 Å². The van der Waals surface area contributed by atoms with E-state index in [1.54, 1.807) is 7.11 Å². The molecule has 0 radical (unpaired) electrons. The second-order valence-corrected chi connectivity index (χ2v) is 6.89. The van der Waals surface area contributed by atoms with Crippen LogP contribution in [0.25, 0.3) is 0 Å². The Hall–Kier alpha value is -2.53. The van der Waals surface area contributed by atoms with E-state index < -0.39 is 0 Å². The van der Waals surface area contributed by atoms with E-state index in [0.29, 0.717) is 31.0 Å². The first-order chi connectivity index (χ1) is 13.1. The van der Waals surface area contributed by atoms with Crippen molar-refractivity contribution in [2.45, 2.75) is 32.4 Å². The molecule has 0 unspecified atom stereocenters. The number of rotatable bonds is 7. The Balaban J connectivity index is 1.64. The van der Waals surface area contributed by atoms with Crippen LogP contribution in [0.1, 0.15) is 30.9 Å². The highest BCUT2D eigenvalue weighted by molar-refractivity contribution is 6.30. The molecule has 0 N–H and O–H groups in total. The Morgan fingerprint density at radius 2 is 2.07 bits per heavy atom. The van der Waals surface area contributed by atoms with Gasteiger partial charge in [0.25, 0.3) is 0 Å². The lowest BCUT2D eigenvalue weighted by atomic mass is 10.0. The van der Waals surface area contributed by atoms with Gasteiger partial charge in [-0.05, 0) is 47.5 Å². The van der Waals surface area contributed by atoms with Gasteiger partial charge in [-0.1, -0.05) is 35.8 Å². The van der Waals surface area contributed by atoms with Crippen molar-refractivity contribution in [2.24, 2.45) is 5.16 Å². The highest BCUT2D eigenvalue weighted by atomic mass is 35.5. The molecule has 0 fully saturated rings. The molecule has 3 rings (SSSR count). The normalized spacial score (nSPS) is 15.8. The minimum atomic E-state index is -0.156. The Kier molecular flexibility index (Phi) is 6.35.